The van der Waals surface area contributed by atoms with Gasteiger partial charge in [0.2, 0.25) is 0 Å². The number of carbonyl (C=O) groups excluding carboxylic acids is 1. The second kappa shape index (κ2) is 6.75. The molecular weight excluding hydrogens is 240 g/mol. The molecular formula is C15H24N2O2. The standard InChI is InChI=1S/C15H24N2O2/c1-3-5-6-13(4-2)16-7-9-17(10-8-16)14-11-15(18)19-12-14/h3,5-6,14H,4,7-12H2,1-2H3/b5-3-,13-6+. The SMILES string of the molecule is C/C=C\C=C(/CC)N1CCN(C2COC(=O)C2)CC1. The molecule has 0 aromatic heterocycles. The van der Waals surface area contributed by atoms with Gasteiger partial charge in [0.25, 0.3) is 0 Å². The Morgan fingerprint density at radius 3 is 2.63 bits per heavy atom. The first-order chi connectivity index (χ1) is 9.24. The Labute approximate surface area is 115 Å². The van der Waals surface area contributed by atoms with Gasteiger partial charge in [0.15, 0.2) is 0 Å². The van der Waals surface area contributed by atoms with Gasteiger partial charge in [-0.1, -0.05) is 19.1 Å². The van der Waals surface area contributed by atoms with Crippen LogP contribution in [-0.4, -0.2) is 54.6 Å². The summed E-state index contributed by atoms with van der Waals surface area (Å²) >= 11 is 0. The first kappa shape index (κ1) is 14.1. The van der Waals surface area contributed by atoms with Crippen molar-refractivity contribution in [3.8, 4) is 0 Å². The number of carbonyl (C=O) groups is 1. The fraction of sp³-hybridized carbons (Fsp3) is 0.667. The molecule has 0 aliphatic carbocycles. The first-order valence-corrected chi connectivity index (χ1v) is 7.21. The summed E-state index contributed by atoms with van der Waals surface area (Å²) in [4.78, 5) is 16.0. The van der Waals surface area contributed by atoms with Gasteiger partial charge in [-0.2, -0.15) is 0 Å². The molecule has 4 nitrogen and oxygen atoms in total. The van der Waals surface area contributed by atoms with Crippen LogP contribution in [-0.2, 0) is 9.53 Å². The topological polar surface area (TPSA) is 32.8 Å². The molecule has 2 aliphatic rings. The van der Waals surface area contributed by atoms with Crippen molar-refractivity contribution in [2.45, 2.75) is 32.7 Å². The van der Waals surface area contributed by atoms with E-state index >= 15 is 0 Å². The monoisotopic (exact) mass is 264 g/mol. The van der Waals surface area contributed by atoms with Crippen LogP contribution in [0.2, 0.25) is 0 Å². The summed E-state index contributed by atoms with van der Waals surface area (Å²) in [6.07, 6.45) is 8.00. The molecule has 0 spiro atoms. The van der Waals surface area contributed by atoms with Crippen LogP contribution in [0.1, 0.15) is 26.7 Å². The number of cyclic esters (lactones) is 1. The Morgan fingerprint density at radius 2 is 2.11 bits per heavy atom. The van der Waals surface area contributed by atoms with E-state index in [0.29, 0.717) is 19.1 Å². The quantitative estimate of drug-likeness (QED) is 0.572. The van der Waals surface area contributed by atoms with E-state index < -0.39 is 0 Å². The summed E-state index contributed by atoms with van der Waals surface area (Å²) < 4.78 is 5.05. The number of nitrogens with zero attached hydrogens (tertiary/aromatic N) is 2. The lowest BCUT2D eigenvalue weighted by Gasteiger charge is -2.39. The van der Waals surface area contributed by atoms with E-state index in [-0.39, 0.29) is 5.97 Å². The molecule has 2 rings (SSSR count). The Morgan fingerprint density at radius 1 is 1.37 bits per heavy atom. The molecule has 0 saturated carbocycles. The van der Waals surface area contributed by atoms with Gasteiger partial charge in [-0.05, 0) is 19.4 Å². The minimum atomic E-state index is -0.0466. The van der Waals surface area contributed by atoms with Gasteiger partial charge < -0.3 is 9.64 Å². The van der Waals surface area contributed by atoms with Crippen LogP contribution in [0, 0.1) is 0 Å². The van der Waals surface area contributed by atoms with Gasteiger partial charge in [-0.25, -0.2) is 0 Å². The lowest BCUT2D eigenvalue weighted by Crippen LogP contribution is -2.50. The summed E-state index contributed by atoms with van der Waals surface area (Å²) in [5.74, 6) is -0.0466. The molecule has 0 aromatic carbocycles. The predicted molar refractivity (Wildman–Crippen MR) is 75.7 cm³/mol. The molecule has 2 fully saturated rings. The summed E-state index contributed by atoms with van der Waals surface area (Å²) in [5.41, 5.74) is 1.40. The predicted octanol–water partition coefficient (Wildman–Crippen LogP) is 1.79. The summed E-state index contributed by atoms with van der Waals surface area (Å²) in [6, 6.07) is 0.305. The molecule has 0 amide bonds. The van der Waals surface area contributed by atoms with E-state index in [2.05, 4.69) is 35.0 Å². The molecule has 2 aliphatic heterocycles. The summed E-state index contributed by atoms with van der Waals surface area (Å²) in [5, 5.41) is 0. The van der Waals surface area contributed by atoms with Gasteiger partial charge in [-0.15, -0.1) is 0 Å². The highest BCUT2D eigenvalue weighted by atomic mass is 16.5. The van der Waals surface area contributed by atoms with Gasteiger partial charge >= 0.3 is 5.97 Å². The molecule has 19 heavy (non-hydrogen) atoms. The summed E-state index contributed by atoms with van der Waals surface area (Å²) in [6.45, 7) is 8.95. The third-order valence-electron chi connectivity index (χ3n) is 3.92. The van der Waals surface area contributed by atoms with E-state index in [1.165, 1.54) is 5.70 Å². The number of hydrogen-bond donors (Lipinski definition) is 0. The fourth-order valence-electron chi connectivity index (χ4n) is 2.76. The molecule has 0 radical (unpaired) electrons. The van der Waals surface area contributed by atoms with E-state index in [1.807, 2.05) is 6.92 Å². The Kier molecular flexibility index (Phi) is 5.02. The van der Waals surface area contributed by atoms with E-state index in [9.17, 15) is 4.79 Å². The van der Waals surface area contributed by atoms with Crippen molar-refractivity contribution in [2.75, 3.05) is 32.8 Å². The third-order valence-corrected chi connectivity index (χ3v) is 3.92. The van der Waals surface area contributed by atoms with Gasteiger partial charge in [0, 0.05) is 31.9 Å². The zero-order valence-electron chi connectivity index (χ0n) is 12.0. The van der Waals surface area contributed by atoms with Gasteiger partial charge in [0.05, 0.1) is 12.5 Å². The Balaban J connectivity index is 1.86. The van der Waals surface area contributed by atoms with Crippen molar-refractivity contribution < 1.29 is 9.53 Å². The van der Waals surface area contributed by atoms with Crippen LogP contribution < -0.4 is 0 Å². The summed E-state index contributed by atoms with van der Waals surface area (Å²) in [7, 11) is 0. The molecule has 0 bridgehead atoms. The van der Waals surface area contributed by atoms with Crippen LogP contribution in [0.4, 0.5) is 0 Å². The zero-order valence-corrected chi connectivity index (χ0v) is 12.0. The molecule has 1 atom stereocenters. The van der Waals surface area contributed by atoms with Crippen LogP contribution in [0.3, 0.4) is 0 Å². The maximum Gasteiger partial charge on any atom is 0.307 e. The molecule has 2 saturated heterocycles. The number of piperazine rings is 1. The number of esters is 1. The van der Waals surface area contributed by atoms with E-state index in [1.54, 1.807) is 0 Å². The van der Waals surface area contributed by atoms with Crippen molar-refractivity contribution in [2.24, 2.45) is 0 Å². The number of hydrogen-bond acceptors (Lipinski definition) is 4. The minimum Gasteiger partial charge on any atom is -0.464 e. The molecule has 1 unspecified atom stereocenters. The number of allylic oxidation sites excluding steroid dienone is 4. The van der Waals surface area contributed by atoms with E-state index in [4.69, 9.17) is 4.74 Å². The second-order valence-corrected chi connectivity index (χ2v) is 5.10. The van der Waals surface area contributed by atoms with Gasteiger partial charge in [-0.3, -0.25) is 9.69 Å². The van der Waals surface area contributed by atoms with Crippen molar-refractivity contribution >= 4 is 5.97 Å². The van der Waals surface area contributed by atoms with Crippen LogP contribution >= 0.6 is 0 Å². The fourth-order valence-corrected chi connectivity index (χ4v) is 2.76. The Bertz CT molecular complexity index is 368. The average Bonchev–Trinajstić information content (AvgIpc) is 2.87. The number of rotatable bonds is 4. The van der Waals surface area contributed by atoms with Crippen molar-refractivity contribution in [3.63, 3.8) is 0 Å². The molecule has 4 heteroatoms. The highest BCUT2D eigenvalue weighted by molar-refractivity contribution is 5.72. The van der Waals surface area contributed by atoms with Crippen molar-refractivity contribution in [3.05, 3.63) is 23.9 Å². The lowest BCUT2D eigenvalue weighted by atomic mass is 10.1. The molecule has 0 N–H and O–H groups in total. The molecule has 2 heterocycles. The normalized spacial score (nSPS) is 26.2. The largest absolute Gasteiger partial charge is 0.464 e. The van der Waals surface area contributed by atoms with Gasteiger partial charge in [0.1, 0.15) is 6.61 Å². The highest BCUT2D eigenvalue weighted by Gasteiger charge is 2.31. The van der Waals surface area contributed by atoms with Crippen LogP contribution in [0.25, 0.3) is 0 Å². The molecule has 106 valence electrons. The smallest absolute Gasteiger partial charge is 0.307 e. The van der Waals surface area contributed by atoms with Crippen LogP contribution in [0.5, 0.6) is 0 Å². The van der Waals surface area contributed by atoms with Crippen LogP contribution in [0.15, 0.2) is 23.9 Å². The highest BCUT2D eigenvalue weighted by Crippen LogP contribution is 2.18. The first-order valence-electron chi connectivity index (χ1n) is 7.21. The maximum atomic E-state index is 11.2. The average molecular weight is 264 g/mol. The zero-order chi connectivity index (χ0) is 13.7. The maximum absolute atomic E-state index is 11.2. The number of ether oxygens (including phenoxy) is 1. The third kappa shape index (κ3) is 3.60. The van der Waals surface area contributed by atoms with E-state index in [0.717, 1.165) is 32.6 Å². The van der Waals surface area contributed by atoms with Crippen molar-refractivity contribution in [1.82, 2.24) is 9.80 Å². The van der Waals surface area contributed by atoms with Crippen molar-refractivity contribution in [1.29, 1.82) is 0 Å². The minimum absolute atomic E-state index is 0.0466. The Hall–Kier alpha value is -1.29. The molecule has 0 aromatic rings. The second-order valence-electron chi connectivity index (χ2n) is 5.10. The lowest BCUT2D eigenvalue weighted by molar-refractivity contribution is -0.137.